The smallest absolute Gasteiger partial charge is 0.0140 e. The van der Waals surface area contributed by atoms with Crippen molar-refractivity contribution in [1.29, 1.82) is 0 Å². The van der Waals surface area contributed by atoms with Crippen LogP contribution in [-0.4, -0.2) is 26.0 Å². The predicted octanol–water partition coefficient (Wildman–Crippen LogP) is 10.0. The molecule has 4 heteroatoms. The van der Waals surface area contributed by atoms with Gasteiger partial charge in [-0.3, -0.25) is 0 Å². The molecule has 0 bridgehead atoms. The molecular weight excluding hydrogens is 399 g/mol. The fourth-order valence-corrected chi connectivity index (χ4v) is 3.33. The summed E-state index contributed by atoms with van der Waals surface area (Å²) in [6.07, 6.45) is 29.4. The molecule has 0 heterocycles. The molecule has 2 nitrogen and oxygen atoms in total. The number of hydrogen-bond acceptors (Lipinski definition) is 2. The van der Waals surface area contributed by atoms with Crippen LogP contribution in [-0.2, 0) is 0 Å². The largest absolute Gasteiger partial charge is 0.344 e. The van der Waals surface area contributed by atoms with Gasteiger partial charge >= 0.3 is 0 Å². The van der Waals surface area contributed by atoms with Crippen molar-refractivity contribution in [2.75, 3.05) is 21.1 Å². The molecule has 0 aliphatic carbocycles. The third-order valence-electron chi connectivity index (χ3n) is 4.96. The Morgan fingerprint density at radius 2 is 0.448 bits per heavy atom. The molecule has 184 valence electrons. The zero-order valence-corrected chi connectivity index (χ0v) is 22.7. The summed E-state index contributed by atoms with van der Waals surface area (Å²) in [5.74, 6) is 0. The van der Waals surface area contributed by atoms with Crippen molar-refractivity contribution in [3.05, 3.63) is 0 Å². The van der Waals surface area contributed by atoms with E-state index in [4.69, 9.17) is 0 Å². The van der Waals surface area contributed by atoms with Gasteiger partial charge in [0.1, 0.15) is 0 Å². The fraction of sp³-hybridized carbons (Fsp3) is 1.00. The summed E-state index contributed by atoms with van der Waals surface area (Å²) < 4.78 is 0. The Labute approximate surface area is 199 Å². The lowest BCUT2D eigenvalue weighted by molar-refractivity contribution is 0.505. The maximum Gasteiger partial charge on any atom is -0.0140 e. The van der Waals surface area contributed by atoms with E-state index in [9.17, 15) is 0 Å². The monoisotopic (exact) mass is 458 g/mol. The van der Waals surface area contributed by atoms with E-state index in [0.717, 1.165) is 0 Å². The van der Waals surface area contributed by atoms with Crippen molar-refractivity contribution in [3.8, 4) is 0 Å². The maximum absolute atomic E-state index is 2.30. The summed E-state index contributed by atoms with van der Waals surface area (Å²) in [5, 5.41) is 0. The highest BCUT2D eigenvalue weighted by atomic mass is 35.5. The topological polar surface area (TPSA) is 38.2 Å². The maximum atomic E-state index is 2.30. The molecule has 0 fully saturated rings. The van der Waals surface area contributed by atoms with E-state index in [0.29, 0.717) is 0 Å². The molecular formula is C25H60Cl2N2. The second kappa shape index (κ2) is 39.0. The summed E-state index contributed by atoms with van der Waals surface area (Å²) in [4.78, 5) is 2.00. The molecule has 29 heavy (non-hydrogen) atoms. The highest BCUT2D eigenvalue weighted by molar-refractivity contribution is 5.85. The predicted molar refractivity (Wildman–Crippen MR) is 143 cm³/mol. The molecule has 3 N–H and O–H groups in total. The Morgan fingerprint density at radius 1 is 0.345 bits per heavy atom. The number of hydrogen-bond donors (Lipinski definition) is 1. The van der Waals surface area contributed by atoms with Gasteiger partial charge in [0, 0.05) is 0 Å². The highest BCUT2D eigenvalue weighted by Crippen LogP contribution is 2.14. The van der Waals surface area contributed by atoms with Crippen LogP contribution in [0, 0.1) is 0 Å². The summed E-state index contributed by atoms with van der Waals surface area (Å²) in [7, 11) is 6.00. The molecule has 0 aromatic rings. The zero-order chi connectivity index (χ0) is 19.7. The Balaban J connectivity index is -0.000000250. The van der Waals surface area contributed by atoms with Gasteiger partial charge in [-0.05, 0) is 21.1 Å². The van der Waals surface area contributed by atoms with E-state index in [1.54, 1.807) is 0 Å². The van der Waals surface area contributed by atoms with Crippen molar-refractivity contribution in [1.82, 2.24) is 11.1 Å². The Morgan fingerprint density at radius 3 is 0.552 bits per heavy atom. The summed E-state index contributed by atoms with van der Waals surface area (Å²) in [6.45, 7) is 4.60. The van der Waals surface area contributed by atoms with Gasteiger partial charge in [-0.1, -0.05) is 142 Å². The van der Waals surface area contributed by atoms with Gasteiger partial charge in [0.05, 0.1) is 0 Å². The van der Waals surface area contributed by atoms with Crippen LogP contribution >= 0.6 is 24.8 Å². The van der Waals surface area contributed by atoms with Gasteiger partial charge in [-0.2, -0.15) is 0 Å². The lowest BCUT2D eigenvalue weighted by Gasteiger charge is -2.03. The van der Waals surface area contributed by atoms with Crippen LogP contribution in [0.2, 0.25) is 0 Å². The van der Waals surface area contributed by atoms with Gasteiger partial charge in [-0.15, -0.1) is 24.8 Å². The molecule has 0 aromatic carbocycles. The standard InChI is InChI=1S/C22H46.C3H9N.2ClH.H3N/c1-3-5-7-9-11-13-15-17-19-21-22-20-18-16-14-12-10-8-6-4-2;1-4(2)3;;;/h3-22H2,1-2H3;1-3H3;2*1H;1H3. The average Bonchev–Trinajstić information content (AvgIpc) is 2.60. The number of unbranched alkanes of at least 4 members (excludes halogenated alkanes) is 19. The van der Waals surface area contributed by atoms with E-state index in [-0.39, 0.29) is 31.0 Å². The van der Waals surface area contributed by atoms with E-state index in [1.807, 2.05) is 26.0 Å². The van der Waals surface area contributed by atoms with Gasteiger partial charge in [-0.25, -0.2) is 0 Å². The minimum atomic E-state index is 0. The second-order valence-corrected chi connectivity index (χ2v) is 8.71. The average molecular weight is 460 g/mol. The first-order valence-electron chi connectivity index (χ1n) is 12.3. The molecule has 0 aliphatic heterocycles. The molecule has 0 saturated heterocycles. The van der Waals surface area contributed by atoms with E-state index in [2.05, 4.69) is 13.8 Å². The molecule has 0 atom stereocenters. The Hall–Kier alpha value is 0.500. The zero-order valence-electron chi connectivity index (χ0n) is 21.1. The van der Waals surface area contributed by atoms with Crippen LogP contribution in [0.5, 0.6) is 0 Å². The van der Waals surface area contributed by atoms with Gasteiger partial charge in [0.15, 0.2) is 0 Å². The SMILES string of the molecule is CCCCCCCCCCCCCCCCCCCCCC.CN(C)C.Cl.Cl.N. The lowest BCUT2D eigenvalue weighted by atomic mass is 10.0. The van der Waals surface area contributed by atoms with Gasteiger partial charge in [0.2, 0.25) is 0 Å². The molecule has 0 aliphatic rings. The quantitative estimate of drug-likeness (QED) is 0.195. The number of halogens is 2. The first-order chi connectivity index (χ1) is 12.6. The highest BCUT2D eigenvalue weighted by Gasteiger charge is 1.94. The Bertz CT molecular complexity index is 204. The van der Waals surface area contributed by atoms with Gasteiger partial charge < -0.3 is 11.1 Å². The van der Waals surface area contributed by atoms with Crippen LogP contribution in [0.3, 0.4) is 0 Å². The summed E-state index contributed by atoms with van der Waals surface area (Å²) in [5.41, 5.74) is 0. The number of rotatable bonds is 19. The van der Waals surface area contributed by atoms with Crippen molar-refractivity contribution < 1.29 is 0 Å². The Kier molecular flexibility index (Phi) is 53.7. The normalized spacial score (nSPS) is 9.72. The molecule has 0 aromatic heterocycles. The first-order valence-corrected chi connectivity index (χ1v) is 12.3. The summed E-state index contributed by atoms with van der Waals surface area (Å²) >= 11 is 0. The minimum Gasteiger partial charge on any atom is -0.344 e. The third-order valence-corrected chi connectivity index (χ3v) is 4.96. The second-order valence-electron chi connectivity index (χ2n) is 8.71. The molecule has 0 amide bonds. The minimum absolute atomic E-state index is 0. The summed E-state index contributed by atoms with van der Waals surface area (Å²) in [6, 6.07) is 0. The lowest BCUT2D eigenvalue weighted by Crippen LogP contribution is -1.99. The van der Waals surface area contributed by atoms with Crippen molar-refractivity contribution >= 4 is 24.8 Å². The van der Waals surface area contributed by atoms with Gasteiger partial charge in [0.25, 0.3) is 0 Å². The third kappa shape index (κ3) is 52.6. The van der Waals surface area contributed by atoms with Crippen LogP contribution in [0.15, 0.2) is 0 Å². The van der Waals surface area contributed by atoms with Crippen LogP contribution in [0.4, 0.5) is 0 Å². The molecule has 0 unspecified atom stereocenters. The van der Waals surface area contributed by atoms with E-state index in [1.165, 1.54) is 128 Å². The van der Waals surface area contributed by atoms with Crippen LogP contribution < -0.4 is 6.15 Å². The first kappa shape index (κ1) is 39.9. The molecule has 0 rings (SSSR count). The molecule has 0 saturated carbocycles. The van der Waals surface area contributed by atoms with Crippen LogP contribution in [0.25, 0.3) is 0 Å². The van der Waals surface area contributed by atoms with Crippen LogP contribution in [0.1, 0.15) is 142 Å². The number of nitrogens with zero attached hydrogens (tertiary/aromatic N) is 1. The van der Waals surface area contributed by atoms with E-state index < -0.39 is 0 Å². The van der Waals surface area contributed by atoms with Crippen molar-refractivity contribution in [2.45, 2.75) is 142 Å². The molecule has 0 spiro atoms. The van der Waals surface area contributed by atoms with Crippen molar-refractivity contribution in [2.24, 2.45) is 0 Å². The van der Waals surface area contributed by atoms with Crippen molar-refractivity contribution in [3.63, 3.8) is 0 Å². The molecule has 0 radical (unpaired) electrons. The van der Waals surface area contributed by atoms with E-state index >= 15 is 0 Å². The fourth-order valence-electron chi connectivity index (χ4n) is 3.33.